The number of hydrogen-bond donors (Lipinski definition) is 0. The van der Waals surface area contributed by atoms with E-state index in [1.54, 1.807) is 0 Å². The van der Waals surface area contributed by atoms with Crippen LogP contribution in [0.25, 0.3) is 11.5 Å². The van der Waals surface area contributed by atoms with Gasteiger partial charge in [0.05, 0.1) is 6.04 Å². The lowest BCUT2D eigenvalue weighted by Gasteiger charge is -2.37. The predicted molar refractivity (Wildman–Crippen MR) is 116 cm³/mol. The van der Waals surface area contributed by atoms with Crippen LogP contribution in [0.1, 0.15) is 62.9 Å². The Bertz CT molecular complexity index is 1040. The molecular weight excluding hydrogens is 390 g/mol. The average Bonchev–Trinajstić information content (AvgIpc) is 3.37. The zero-order chi connectivity index (χ0) is 21.4. The molecule has 31 heavy (non-hydrogen) atoms. The standard InChI is InChI=1S/C25H27N3O3/c1-25(2)21(17-9-5-3-6-10-17)28(24(29)31-25)20-15-13-19(14-16-20)23-27-26-22(30-23)18-11-7-4-8-12-18/h3-12,19-21H,13-16H2,1-2H3/t19?,20?,21-/m0/s1. The molecule has 2 aliphatic rings. The number of carbonyl (C=O) groups excluding carboxylic acids is 1. The Hall–Kier alpha value is -3.15. The van der Waals surface area contributed by atoms with Crippen molar-refractivity contribution in [3.63, 3.8) is 0 Å². The first kappa shape index (κ1) is 19.8. The molecule has 1 saturated heterocycles. The maximum absolute atomic E-state index is 12.8. The fourth-order valence-electron chi connectivity index (χ4n) is 5.03. The summed E-state index contributed by atoms with van der Waals surface area (Å²) < 4.78 is 11.8. The van der Waals surface area contributed by atoms with E-state index in [4.69, 9.17) is 9.15 Å². The van der Waals surface area contributed by atoms with Crippen molar-refractivity contribution in [2.24, 2.45) is 0 Å². The maximum Gasteiger partial charge on any atom is 0.411 e. The third-order valence-electron chi connectivity index (χ3n) is 6.51. The van der Waals surface area contributed by atoms with E-state index in [1.165, 1.54) is 0 Å². The molecule has 0 radical (unpaired) electrons. The Kier molecular flexibility index (Phi) is 5.00. The number of rotatable bonds is 4. The Balaban J connectivity index is 1.31. The third kappa shape index (κ3) is 3.71. The van der Waals surface area contributed by atoms with Gasteiger partial charge in [-0.05, 0) is 57.2 Å². The fraction of sp³-hybridized carbons (Fsp3) is 0.400. The predicted octanol–water partition coefficient (Wildman–Crippen LogP) is 5.73. The molecule has 160 valence electrons. The first-order valence-electron chi connectivity index (χ1n) is 11.0. The number of amides is 1. The van der Waals surface area contributed by atoms with Gasteiger partial charge >= 0.3 is 6.09 Å². The lowest BCUT2D eigenvalue weighted by atomic mass is 9.83. The molecule has 1 amide bonds. The first-order chi connectivity index (χ1) is 15.0. The highest BCUT2D eigenvalue weighted by Gasteiger charge is 2.51. The van der Waals surface area contributed by atoms with E-state index < -0.39 is 5.60 Å². The van der Waals surface area contributed by atoms with Crippen molar-refractivity contribution in [2.75, 3.05) is 0 Å². The number of benzene rings is 2. The molecule has 5 rings (SSSR count). The Morgan fingerprint density at radius 3 is 2.23 bits per heavy atom. The number of nitrogens with zero attached hydrogens (tertiary/aromatic N) is 3. The van der Waals surface area contributed by atoms with Crippen LogP contribution < -0.4 is 0 Å². The second-order valence-corrected chi connectivity index (χ2v) is 9.01. The van der Waals surface area contributed by atoms with Crippen LogP contribution in [0.3, 0.4) is 0 Å². The molecule has 2 aromatic carbocycles. The number of cyclic esters (lactones) is 1. The van der Waals surface area contributed by atoms with E-state index in [2.05, 4.69) is 22.3 Å². The van der Waals surface area contributed by atoms with E-state index in [0.717, 1.165) is 36.8 Å². The molecule has 2 heterocycles. The van der Waals surface area contributed by atoms with E-state index in [0.29, 0.717) is 11.8 Å². The molecule has 1 atom stereocenters. The van der Waals surface area contributed by atoms with Crippen LogP contribution in [-0.4, -0.2) is 32.8 Å². The highest BCUT2D eigenvalue weighted by Crippen LogP contribution is 2.46. The van der Waals surface area contributed by atoms with Gasteiger partial charge < -0.3 is 9.15 Å². The minimum absolute atomic E-state index is 0.0872. The van der Waals surface area contributed by atoms with Gasteiger partial charge in [-0.2, -0.15) is 0 Å². The van der Waals surface area contributed by atoms with Gasteiger partial charge in [0.15, 0.2) is 0 Å². The molecule has 3 aromatic rings. The van der Waals surface area contributed by atoms with Crippen molar-refractivity contribution in [3.05, 3.63) is 72.1 Å². The Morgan fingerprint density at radius 2 is 1.55 bits per heavy atom. The number of aromatic nitrogens is 2. The first-order valence-corrected chi connectivity index (χ1v) is 11.0. The molecule has 0 unspecified atom stereocenters. The van der Waals surface area contributed by atoms with Crippen LogP contribution in [0.4, 0.5) is 4.79 Å². The van der Waals surface area contributed by atoms with Crippen molar-refractivity contribution in [1.29, 1.82) is 0 Å². The molecule has 1 aliphatic heterocycles. The van der Waals surface area contributed by atoms with E-state index >= 15 is 0 Å². The van der Waals surface area contributed by atoms with Crippen LogP contribution in [0.15, 0.2) is 65.1 Å². The van der Waals surface area contributed by atoms with Gasteiger partial charge in [-0.1, -0.05) is 48.5 Å². The van der Waals surface area contributed by atoms with Crippen LogP contribution in [0, 0.1) is 0 Å². The summed E-state index contributed by atoms with van der Waals surface area (Å²) in [6.45, 7) is 4.00. The minimum atomic E-state index is -0.563. The summed E-state index contributed by atoms with van der Waals surface area (Å²) in [5, 5.41) is 8.56. The summed E-state index contributed by atoms with van der Waals surface area (Å²) in [6.07, 6.45) is 3.39. The molecule has 0 bridgehead atoms. The van der Waals surface area contributed by atoms with Crippen LogP contribution >= 0.6 is 0 Å². The van der Waals surface area contributed by atoms with Crippen molar-refractivity contribution in [2.45, 2.75) is 63.1 Å². The van der Waals surface area contributed by atoms with Crippen LogP contribution in [0.5, 0.6) is 0 Å². The van der Waals surface area contributed by atoms with Gasteiger partial charge in [-0.3, -0.25) is 4.90 Å². The molecular formula is C25H27N3O3. The van der Waals surface area contributed by atoms with Gasteiger partial charge in [0, 0.05) is 17.5 Å². The largest absolute Gasteiger partial charge is 0.441 e. The van der Waals surface area contributed by atoms with E-state index in [9.17, 15) is 4.79 Å². The highest BCUT2D eigenvalue weighted by atomic mass is 16.6. The summed E-state index contributed by atoms with van der Waals surface area (Å²) in [5.74, 6) is 1.48. The third-order valence-corrected chi connectivity index (χ3v) is 6.51. The highest BCUT2D eigenvalue weighted by molar-refractivity contribution is 5.72. The van der Waals surface area contributed by atoms with E-state index in [-0.39, 0.29) is 24.1 Å². The number of hydrogen-bond acceptors (Lipinski definition) is 5. The van der Waals surface area contributed by atoms with Gasteiger partial charge in [0.2, 0.25) is 11.8 Å². The minimum Gasteiger partial charge on any atom is -0.441 e. The van der Waals surface area contributed by atoms with Gasteiger partial charge in [-0.15, -0.1) is 10.2 Å². The fourth-order valence-corrected chi connectivity index (χ4v) is 5.03. The monoisotopic (exact) mass is 417 g/mol. The van der Waals surface area contributed by atoms with Crippen molar-refractivity contribution in [3.8, 4) is 11.5 Å². The SMILES string of the molecule is CC1(C)OC(=O)N(C2CCC(c3nnc(-c4ccccc4)o3)CC2)[C@H]1c1ccccc1. The topological polar surface area (TPSA) is 68.5 Å². The van der Waals surface area contributed by atoms with Crippen LogP contribution in [-0.2, 0) is 4.74 Å². The average molecular weight is 418 g/mol. The Morgan fingerprint density at radius 1 is 0.903 bits per heavy atom. The summed E-state index contributed by atoms with van der Waals surface area (Å²) in [4.78, 5) is 14.8. The number of carbonyl (C=O) groups is 1. The molecule has 0 spiro atoms. The zero-order valence-corrected chi connectivity index (χ0v) is 17.9. The van der Waals surface area contributed by atoms with Gasteiger partial charge in [0.25, 0.3) is 0 Å². The maximum atomic E-state index is 12.8. The molecule has 0 N–H and O–H groups in total. The summed E-state index contributed by atoms with van der Waals surface area (Å²) in [6, 6.07) is 20.1. The smallest absolute Gasteiger partial charge is 0.411 e. The number of ether oxygens (including phenoxy) is 1. The summed E-state index contributed by atoms with van der Waals surface area (Å²) in [5.41, 5.74) is 1.49. The molecule has 1 saturated carbocycles. The molecule has 1 aliphatic carbocycles. The van der Waals surface area contributed by atoms with Gasteiger partial charge in [0.1, 0.15) is 5.60 Å². The Labute approximate surface area is 182 Å². The van der Waals surface area contributed by atoms with Crippen molar-refractivity contribution in [1.82, 2.24) is 15.1 Å². The molecule has 1 aromatic heterocycles. The van der Waals surface area contributed by atoms with Crippen LogP contribution in [0.2, 0.25) is 0 Å². The summed E-state index contributed by atoms with van der Waals surface area (Å²) >= 11 is 0. The zero-order valence-electron chi connectivity index (χ0n) is 17.9. The second kappa shape index (κ2) is 7.84. The quantitative estimate of drug-likeness (QED) is 0.542. The molecule has 2 fully saturated rings. The lowest BCUT2D eigenvalue weighted by Crippen LogP contribution is -2.42. The summed E-state index contributed by atoms with van der Waals surface area (Å²) in [7, 11) is 0. The van der Waals surface area contributed by atoms with Gasteiger partial charge in [-0.25, -0.2) is 4.79 Å². The van der Waals surface area contributed by atoms with Crippen molar-refractivity contribution < 1.29 is 13.9 Å². The second-order valence-electron chi connectivity index (χ2n) is 9.01. The van der Waals surface area contributed by atoms with E-state index in [1.807, 2.05) is 67.3 Å². The normalized spacial score (nSPS) is 25.4. The molecule has 6 nitrogen and oxygen atoms in total. The van der Waals surface area contributed by atoms with Crippen molar-refractivity contribution >= 4 is 6.09 Å². The lowest BCUT2D eigenvalue weighted by molar-refractivity contribution is 0.0663. The molecule has 6 heteroatoms.